The highest BCUT2D eigenvalue weighted by atomic mass is 16.6. The monoisotopic (exact) mass is 303 g/mol. The zero-order chi connectivity index (χ0) is 16.4. The van der Waals surface area contributed by atoms with E-state index in [1.54, 1.807) is 0 Å². The largest absolute Gasteiger partial charge is 0.462 e. The quantitative estimate of drug-likeness (QED) is 0.550. The third kappa shape index (κ3) is 6.53. The van der Waals surface area contributed by atoms with E-state index in [4.69, 9.17) is 28.9 Å². The van der Waals surface area contributed by atoms with Crippen molar-refractivity contribution in [2.45, 2.75) is 38.3 Å². The number of rotatable bonds is 9. The fraction of sp³-hybridized carbons (Fsp3) is 0.769. The van der Waals surface area contributed by atoms with Gasteiger partial charge in [-0.1, -0.05) is 0 Å². The normalized spacial score (nSPS) is 16.2. The highest BCUT2D eigenvalue weighted by Gasteiger charge is 2.38. The van der Waals surface area contributed by atoms with Crippen molar-refractivity contribution in [1.82, 2.24) is 0 Å². The molecule has 0 saturated heterocycles. The second-order valence-electron chi connectivity index (χ2n) is 4.14. The molecule has 0 aliphatic rings. The van der Waals surface area contributed by atoms with E-state index in [1.165, 1.54) is 35.2 Å². The standard InChI is InChI=1S/C13H21NO7/c1-8(15)20-7-11(21-9(2)16)13(19-5)12(18-4)10(6-14)17-3/h10-13H,7H2,1-5H3/t10-,11-,12-,13-/m1/s1. The van der Waals surface area contributed by atoms with Crippen LogP contribution in [-0.4, -0.2) is 64.3 Å². The fourth-order valence-corrected chi connectivity index (χ4v) is 1.80. The van der Waals surface area contributed by atoms with Crippen LogP contribution in [0.1, 0.15) is 13.8 Å². The van der Waals surface area contributed by atoms with E-state index in [-0.39, 0.29) is 6.61 Å². The van der Waals surface area contributed by atoms with Crippen LogP contribution < -0.4 is 0 Å². The lowest BCUT2D eigenvalue weighted by Gasteiger charge is -2.32. The zero-order valence-corrected chi connectivity index (χ0v) is 12.8. The molecule has 4 atom stereocenters. The number of nitrogens with zero attached hydrogens (tertiary/aromatic N) is 1. The molecule has 120 valence electrons. The molecule has 0 fully saturated rings. The van der Waals surface area contributed by atoms with Crippen LogP contribution in [0.2, 0.25) is 0 Å². The van der Waals surface area contributed by atoms with Gasteiger partial charge in [-0.25, -0.2) is 0 Å². The molecule has 0 heterocycles. The van der Waals surface area contributed by atoms with Gasteiger partial charge in [0.1, 0.15) is 18.8 Å². The summed E-state index contributed by atoms with van der Waals surface area (Å²) in [6.45, 7) is 2.23. The van der Waals surface area contributed by atoms with E-state index < -0.39 is 36.4 Å². The van der Waals surface area contributed by atoms with Gasteiger partial charge in [-0.05, 0) is 0 Å². The Morgan fingerprint density at radius 3 is 1.90 bits per heavy atom. The summed E-state index contributed by atoms with van der Waals surface area (Å²) in [4.78, 5) is 22.1. The minimum atomic E-state index is -0.935. The molecule has 0 aromatic rings. The number of carbonyl (C=O) groups excluding carboxylic acids is 2. The van der Waals surface area contributed by atoms with Crippen molar-refractivity contribution in [3.05, 3.63) is 0 Å². The highest BCUT2D eigenvalue weighted by Crippen LogP contribution is 2.17. The van der Waals surface area contributed by atoms with Crippen molar-refractivity contribution in [2.75, 3.05) is 27.9 Å². The second-order valence-corrected chi connectivity index (χ2v) is 4.14. The first-order chi connectivity index (χ1) is 9.90. The van der Waals surface area contributed by atoms with Crippen molar-refractivity contribution in [3.8, 4) is 6.07 Å². The van der Waals surface area contributed by atoms with Gasteiger partial charge in [-0.3, -0.25) is 9.59 Å². The summed E-state index contributed by atoms with van der Waals surface area (Å²) in [6.07, 6.45) is -3.53. The SMILES string of the molecule is CO[C@@H]([C@H](OC)[C@@H](COC(C)=O)OC(C)=O)[C@@H](C#N)OC. The van der Waals surface area contributed by atoms with Crippen LogP contribution in [0.3, 0.4) is 0 Å². The molecule has 21 heavy (non-hydrogen) atoms. The minimum Gasteiger partial charge on any atom is -0.462 e. The molecule has 0 N–H and O–H groups in total. The molecule has 0 aliphatic heterocycles. The predicted molar refractivity (Wildman–Crippen MR) is 70.2 cm³/mol. The van der Waals surface area contributed by atoms with Gasteiger partial charge in [0.2, 0.25) is 0 Å². The Hall–Kier alpha value is -1.69. The maximum Gasteiger partial charge on any atom is 0.303 e. The number of methoxy groups -OCH3 is 3. The molecule has 0 spiro atoms. The first kappa shape index (κ1) is 19.3. The smallest absolute Gasteiger partial charge is 0.303 e. The zero-order valence-electron chi connectivity index (χ0n) is 12.8. The number of carbonyl (C=O) groups is 2. The number of hydrogen-bond donors (Lipinski definition) is 0. The van der Waals surface area contributed by atoms with Gasteiger partial charge in [0, 0.05) is 35.2 Å². The third-order valence-electron chi connectivity index (χ3n) is 2.68. The lowest BCUT2D eigenvalue weighted by atomic mass is 10.0. The second kappa shape index (κ2) is 10.1. The Balaban J connectivity index is 5.19. The maximum absolute atomic E-state index is 11.2. The Morgan fingerprint density at radius 1 is 1.00 bits per heavy atom. The van der Waals surface area contributed by atoms with Crippen LogP contribution in [0.15, 0.2) is 0 Å². The number of hydrogen-bond acceptors (Lipinski definition) is 8. The lowest BCUT2D eigenvalue weighted by Crippen LogP contribution is -2.50. The summed E-state index contributed by atoms with van der Waals surface area (Å²) in [5.74, 6) is -1.10. The lowest BCUT2D eigenvalue weighted by molar-refractivity contribution is -0.180. The van der Waals surface area contributed by atoms with Crippen LogP contribution in [0, 0.1) is 11.3 Å². The molecule has 0 aromatic heterocycles. The Morgan fingerprint density at radius 2 is 1.57 bits per heavy atom. The van der Waals surface area contributed by atoms with E-state index in [0.717, 1.165) is 0 Å². The summed E-state index contributed by atoms with van der Waals surface area (Å²) < 4.78 is 25.4. The average molecular weight is 303 g/mol. The number of esters is 2. The van der Waals surface area contributed by atoms with E-state index in [9.17, 15) is 9.59 Å². The van der Waals surface area contributed by atoms with Crippen molar-refractivity contribution in [1.29, 1.82) is 5.26 Å². The first-order valence-corrected chi connectivity index (χ1v) is 6.19. The van der Waals surface area contributed by atoms with Crippen molar-refractivity contribution in [2.24, 2.45) is 0 Å². The summed E-state index contributed by atoms with van der Waals surface area (Å²) in [7, 11) is 4.08. The van der Waals surface area contributed by atoms with E-state index in [1.807, 2.05) is 6.07 Å². The van der Waals surface area contributed by atoms with Gasteiger partial charge in [-0.2, -0.15) is 5.26 Å². The molecule has 0 radical (unpaired) electrons. The van der Waals surface area contributed by atoms with Gasteiger partial charge in [0.05, 0.1) is 6.07 Å². The van der Waals surface area contributed by atoms with Crippen molar-refractivity contribution in [3.63, 3.8) is 0 Å². The van der Waals surface area contributed by atoms with Gasteiger partial charge in [0.25, 0.3) is 0 Å². The van der Waals surface area contributed by atoms with Gasteiger partial charge >= 0.3 is 11.9 Å². The Bertz CT molecular complexity index is 379. The third-order valence-corrected chi connectivity index (χ3v) is 2.68. The van der Waals surface area contributed by atoms with E-state index in [0.29, 0.717) is 0 Å². The minimum absolute atomic E-state index is 0.213. The molecule has 0 aromatic carbocycles. The molecular formula is C13H21NO7. The first-order valence-electron chi connectivity index (χ1n) is 6.19. The Kier molecular flexibility index (Phi) is 9.28. The van der Waals surface area contributed by atoms with Crippen LogP contribution in [0.5, 0.6) is 0 Å². The van der Waals surface area contributed by atoms with Gasteiger partial charge in [-0.15, -0.1) is 0 Å². The van der Waals surface area contributed by atoms with Gasteiger partial charge in [0.15, 0.2) is 12.2 Å². The summed E-state index contributed by atoms with van der Waals surface area (Å²) in [5, 5.41) is 9.05. The van der Waals surface area contributed by atoms with Crippen LogP contribution in [0.4, 0.5) is 0 Å². The molecule has 0 rings (SSSR count). The van der Waals surface area contributed by atoms with Crippen LogP contribution >= 0.6 is 0 Å². The average Bonchev–Trinajstić information content (AvgIpc) is 2.43. The summed E-state index contributed by atoms with van der Waals surface area (Å²) in [6, 6.07) is 1.92. The molecule has 0 bridgehead atoms. The highest BCUT2D eigenvalue weighted by molar-refractivity contribution is 5.67. The van der Waals surface area contributed by atoms with Crippen LogP contribution in [-0.2, 0) is 33.3 Å². The molecule has 0 unspecified atom stereocenters. The predicted octanol–water partition coefficient (Wildman–Crippen LogP) is 0.0498. The molecular weight excluding hydrogens is 282 g/mol. The Labute approximate surface area is 123 Å². The maximum atomic E-state index is 11.2. The summed E-state index contributed by atoms with van der Waals surface area (Å²) in [5.41, 5.74) is 0. The topological polar surface area (TPSA) is 104 Å². The molecule has 0 amide bonds. The van der Waals surface area contributed by atoms with E-state index >= 15 is 0 Å². The van der Waals surface area contributed by atoms with Crippen LogP contribution in [0.25, 0.3) is 0 Å². The molecule has 8 nitrogen and oxygen atoms in total. The molecule has 8 heteroatoms. The molecule has 0 saturated carbocycles. The summed E-state index contributed by atoms with van der Waals surface area (Å²) >= 11 is 0. The number of nitriles is 1. The van der Waals surface area contributed by atoms with Crippen molar-refractivity contribution >= 4 is 11.9 Å². The fourth-order valence-electron chi connectivity index (χ4n) is 1.80. The van der Waals surface area contributed by atoms with E-state index in [2.05, 4.69) is 0 Å². The number of ether oxygens (including phenoxy) is 5. The van der Waals surface area contributed by atoms with Gasteiger partial charge < -0.3 is 23.7 Å². The van der Waals surface area contributed by atoms with Crippen molar-refractivity contribution < 1.29 is 33.3 Å². The molecule has 0 aliphatic carbocycles.